The lowest BCUT2D eigenvalue weighted by molar-refractivity contribution is -0.137. The molecular weight excluding hydrogens is 297 g/mol. The zero-order valence-corrected chi connectivity index (χ0v) is 11.8. The highest BCUT2D eigenvalue weighted by atomic mass is 32.1. The first-order valence-corrected chi connectivity index (χ1v) is 7.28. The van der Waals surface area contributed by atoms with Crippen LogP contribution in [-0.2, 0) is 19.1 Å². The number of thiophene rings is 1. The Balaban J connectivity index is 1.96. The molecule has 0 fully saturated rings. The van der Waals surface area contributed by atoms with Crippen molar-refractivity contribution in [2.75, 3.05) is 11.4 Å². The number of nitriles is 1. The maximum Gasteiger partial charge on any atom is 0.417 e. The number of nitrogens with zero attached hydrogens (tertiary/aromatic N) is 2. The van der Waals surface area contributed by atoms with E-state index in [1.54, 1.807) is 23.5 Å². The molecule has 0 amide bonds. The molecule has 2 heterocycles. The average Bonchev–Trinajstić information content (AvgIpc) is 2.93. The summed E-state index contributed by atoms with van der Waals surface area (Å²) in [5.74, 6) is 0. The van der Waals surface area contributed by atoms with Crippen LogP contribution >= 0.6 is 11.3 Å². The third-order valence-electron chi connectivity index (χ3n) is 3.60. The first-order valence-electron chi connectivity index (χ1n) is 6.40. The van der Waals surface area contributed by atoms with Gasteiger partial charge in [0.15, 0.2) is 0 Å². The van der Waals surface area contributed by atoms with Crippen molar-refractivity contribution in [2.24, 2.45) is 0 Å². The molecule has 1 aliphatic heterocycles. The molecule has 2 aromatic rings. The molecule has 0 atom stereocenters. The minimum Gasteiger partial charge on any atom is -0.367 e. The van der Waals surface area contributed by atoms with E-state index in [1.165, 1.54) is 16.5 Å². The smallest absolute Gasteiger partial charge is 0.367 e. The van der Waals surface area contributed by atoms with Crippen LogP contribution in [0, 0.1) is 11.3 Å². The van der Waals surface area contributed by atoms with Gasteiger partial charge in [0.05, 0.1) is 17.2 Å². The molecule has 6 heteroatoms. The summed E-state index contributed by atoms with van der Waals surface area (Å²) in [6, 6.07) is 7.54. The van der Waals surface area contributed by atoms with Crippen LogP contribution < -0.4 is 4.90 Å². The molecule has 21 heavy (non-hydrogen) atoms. The minimum atomic E-state index is -4.51. The van der Waals surface area contributed by atoms with Gasteiger partial charge in [-0.25, -0.2) is 0 Å². The topological polar surface area (TPSA) is 27.0 Å². The second-order valence-electron chi connectivity index (χ2n) is 4.88. The molecule has 0 saturated carbocycles. The maximum absolute atomic E-state index is 13.0. The fourth-order valence-electron chi connectivity index (χ4n) is 2.53. The van der Waals surface area contributed by atoms with E-state index in [4.69, 9.17) is 5.26 Å². The lowest BCUT2D eigenvalue weighted by Crippen LogP contribution is -2.29. The Morgan fingerprint density at radius 2 is 2.05 bits per heavy atom. The molecule has 0 unspecified atom stereocenters. The summed E-state index contributed by atoms with van der Waals surface area (Å²) >= 11 is 1.69. The first-order chi connectivity index (χ1) is 9.99. The van der Waals surface area contributed by atoms with E-state index in [1.807, 2.05) is 16.3 Å². The van der Waals surface area contributed by atoms with Crippen molar-refractivity contribution in [1.82, 2.24) is 0 Å². The number of halogens is 3. The molecule has 0 radical (unpaired) electrons. The molecule has 1 aromatic carbocycles. The quantitative estimate of drug-likeness (QED) is 0.789. The Morgan fingerprint density at radius 1 is 1.24 bits per heavy atom. The summed E-state index contributed by atoms with van der Waals surface area (Å²) in [5, 5.41) is 10.8. The van der Waals surface area contributed by atoms with E-state index in [-0.39, 0.29) is 5.56 Å². The largest absolute Gasteiger partial charge is 0.417 e. The Kier molecular flexibility index (Phi) is 3.38. The van der Waals surface area contributed by atoms with Crippen LogP contribution in [0.25, 0.3) is 0 Å². The van der Waals surface area contributed by atoms with Crippen LogP contribution in [0.2, 0.25) is 0 Å². The highest BCUT2D eigenvalue weighted by molar-refractivity contribution is 7.10. The van der Waals surface area contributed by atoms with Gasteiger partial charge in [0.2, 0.25) is 0 Å². The van der Waals surface area contributed by atoms with Gasteiger partial charge in [-0.2, -0.15) is 18.4 Å². The zero-order valence-electron chi connectivity index (χ0n) is 10.9. The van der Waals surface area contributed by atoms with E-state index in [0.717, 1.165) is 12.5 Å². The molecular formula is C15H11F3N2S. The summed E-state index contributed by atoms with van der Waals surface area (Å²) in [6.07, 6.45) is -3.67. The van der Waals surface area contributed by atoms with Gasteiger partial charge < -0.3 is 4.90 Å². The molecule has 0 aliphatic carbocycles. The van der Waals surface area contributed by atoms with Gasteiger partial charge in [0.25, 0.3) is 0 Å². The second kappa shape index (κ2) is 5.08. The van der Waals surface area contributed by atoms with Crippen LogP contribution in [0.3, 0.4) is 0 Å². The van der Waals surface area contributed by atoms with Crippen molar-refractivity contribution in [3.8, 4) is 6.07 Å². The van der Waals surface area contributed by atoms with Gasteiger partial charge in [-0.1, -0.05) is 0 Å². The number of anilines is 1. The Morgan fingerprint density at radius 3 is 2.76 bits per heavy atom. The summed E-state index contributed by atoms with van der Waals surface area (Å²) in [7, 11) is 0. The zero-order chi connectivity index (χ0) is 15.0. The fraction of sp³-hybridized carbons (Fsp3) is 0.267. The van der Waals surface area contributed by atoms with Crippen molar-refractivity contribution >= 4 is 17.0 Å². The molecule has 0 bridgehead atoms. The summed E-state index contributed by atoms with van der Waals surface area (Å²) in [6.45, 7) is 1.30. The van der Waals surface area contributed by atoms with E-state index in [9.17, 15) is 13.2 Å². The Labute approximate surface area is 124 Å². The van der Waals surface area contributed by atoms with Gasteiger partial charge >= 0.3 is 6.18 Å². The number of alkyl halides is 3. The van der Waals surface area contributed by atoms with Crippen molar-refractivity contribution in [3.05, 3.63) is 51.2 Å². The molecule has 0 N–H and O–H groups in total. The van der Waals surface area contributed by atoms with Gasteiger partial charge in [0.1, 0.15) is 0 Å². The van der Waals surface area contributed by atoms with Crippen LogP contribution in [0.1, 0.15) is 21.6 Å². The first kappa shape index (κ1) is 14.0. The van der Waals surface area contributed by atoms with E-state index >= 15 is 0 Å². The predicted molar refractivity (Wildman–Crippen MR) is 75.2 cm³/mol. The highest BCUT2D eigenvalue weighted by Crippen LogP contribution is 2.35. The van der Waals surface area contributed by atoms with Gasteiger partial charge in [0, 0.05) is 23.7 Å². The maximum atomic E-state index is 13.0. The number of benzene rings is 1. The van der Waals surface area contributed by atoms with E-state index in [2.05, 4.69) is 0 Å². The molecule has 108 valence electrons. The molecule has 1 aromatic heterocycles. The normalized spacial score (nSPS) is 14.7. The standard InChI is InChI=1S/C15H11F3N2S/c16-15(17,18)13-7-12(2-1-10(13)8-19)20-5-3-14-11(9-20)4-6-21-14/h1-2,4,6-7H,3,5,9H2. The summed E-state index contributed by atoms with van der Waals surface area (Å²) < 4.78 is 39.0. The van der Waals surface area contributed by atoms with Crippen LogP contribution in [0.5, 0.6) is 0 Å². The molecule has 0 spiro atoms. The predicted octanol–water partition coefficient (Wildman–Crippen LogP) is 4.20. The summed E-state index contributed by atoms with van der Waals surface area (Å²) in [4.78, 5) is 3.22. The SMILES string of the molecule is N#Cc1ccc(N2CCc3sccc3C2)cc1C(F)(F)F. The average molecular weight is 308 g/mol. The molecule has 2 nitrogen and oxygen atoms in total. The fourth-order valence-corrected chi connectivity index (χ4v) is 3.42. The summed E-state index contributed by atoms with van der Waals surface area (Å²) in [5.41, 5.74) is 0.487. The van der Waals surface area contributed by atoms with E-state index < -0.39 is 11.7 Å². The van der Waals surface area contributed by atoms with Crippen LogP contribution in [0.4, 0.5) is 18.9 Å². The van der Waals surface area contributed by atoms with Gasteiger partial charge in [-0.15, -0.1) is 11.3 Å². The number of fused-ring (bicyclic) bond motifs is 1. The monoisotopic (exact) mass is 308 g/mol. The Hall–Kier alpha value is -2.00. The lowest BCUT2D eigenvalue weighted by atomic mass is 10.0. The number of hydrogen-bond acceptors (Lipinski definition) is 3. The molecule has 3 rings (SSSR count). The molecule has 1 aliphatic rings. The second-order valence-corrected chi connectivity index (χ2v) is 5.88. The van der Waals surface area contributed by atoms with E-state index in [0.29, 0.717) is 18.8 Å². The third kappa shape index (κ3) is 2.61. The number of hydrogen-bond donors (Lipinski definition) is 0. The highest BCUT2D eigenvalue weighted by Gasteiger charge is 2.34. The van der Waals surface area contributed by atoms with Crippen LogP contribution in [-0.4, -0.2) is 6.54 Å². The van der Waals surface area contributed by atoms with Crippen molar-refractivity contribution in [1.29, 1.82) is 5.26 Å². The molecule has 0 saturated heterocycles. The lowest BCUT2D eigenvalue weighted by Gasteiger charge is -2.29. The van der Waals surface area contributed by atoms with Crippen molar-refractivity contribution < 1.29 is 13.2 Å². The third-order valence-corrected chi connectivity index (χ3v) is 4.62. The minimum absolute atomic E-state index is 0.334. The van der Waals surface area contributed by atoms with Crippen LogP contribution in [0.15, 0.2) is 29.6 Å². The van der Waals surface area contributed by atoms with Crippen molar-refractivity contribution in [3.63, 3.8) is 0 Å². The number of rotatable bonds is 1. The van der Waals surface area contributed by atoms with Gasteiger partial charge in [-0.05, 0) is 41.6 Å². The van der Waals surface area contributed by atoms with Gasteiger partial charge in [-0.3, -0.25) is 0 Å². The Bertz CT molecular complexity index is 712. The van der Waals surface area contributed by atoms with Crippen molar-refractivity contribution in [2.45, 2.75) is 19.1 Å².